The zero-order chi connectivity index (χ0) is 19.2. The van der Waals surface area contributed by atoms with Crippen molar-refractivity contribution in [2.45, 2.75) is 31.6 Å². The zero-order valence-corrected chi connectivity index (χ0v) is 19.4. The van der Waals surface area contributed by atoms with E-state index in [2.05, 4.69) is 76.3 Å². The number of aliphatic imine (C=N–C) groups is 1. The van der Waals surface area contributed by atoms with Gasteiger partial charge in [-0.25, -0.2) is 0 Å². The van der Waals surface area contributed by atoms with Gasteiger partial charge in [-0.3, -0.25) is 4.99 Å². The van der Waals surface area contributed by atoms with Gasteiger partial charge < -0.3 is 15.4 Å². The predicted molar refractivity (Wildman–Crippen MR) is 130 cm³/mol. The van der Waals surface area contributed by atoms with Crippen molar-refractivity contribution >= 4 is 29.9 Å². The van der Waals surface area contributed by atoms with E-state index < -0.39 is 0 Å². The maximum Gasteiger partial charge on any atom is 0.190 e. The van der Waals surface area contributed by atoms with Gasteiger partial charge in [0.25, 0.3) is 0 Å². The molecule has 5 heteroatoms. The van der Waals surface area contributed by atoms with Crippen molar-refractivity contribution in [2.75, 3.05) is 33.9 Å². The Hall–Kier alpha value is -1.60. The number of ether oxygens (including phenoxy) is 1. The summed E-state index contributed by atoms with van der Waals surface area (Å²) in [4.78, 5) is 4.36. The second-order valence-corrected chi connectivity index (χ2v) is 6.73. The summed E-state index contributed by atoms with van der Waals surface area (Å²) in [7, 11) is 3.58. The summed E-state index contributed by atoms with van der Waals surface area (Å²) in [6.07, 6.45) is 4.40. The van der Waals surface area contributed by atoms with Crippen LogP contribution >= 0.6 is 24.0 Å². The van der Waals surface area contributed by atoms with Gasteiger partial charge in [0.05, 0.1) is 0 Å². The Labute approximate surface area is 187 Å². The molecule has 0 radical (unpaired) electrons. The molecule has 0 aliphatic rings. The van der Waals surface area contributed by atoms with E-state index in [0.717, 1.165) is 44.9 Å². The van der Waals surface area contributed by atoms with E-state index in [1.54, 1.807) is 7.11 Å². The predicted octanol–water partition coefficient (Wildman–Crippen LogP) is 4.61. The summed E-state index contributed by atoms with van der Waals surface area (Å²) in [5.74, 6) is 1.27. The van der Waals surface area contributed by atoms with Crippen molar-refractivity contribution in [3.05, 3.63) is 71.8 Å². The molecule has 0 aliphatic heterocycles. The van der Waals surface area contributed by atoms with Crippen LogP contribution in [-0.2, 0) is 11.2 Å². The number of halogens is 1. The van der Waals surface area contributed by atoms with Crippen molar-refractivity contribution in [1.82, 2.24) is 10.6 Å². The number of hydrogen-bond acceptors (Lipinski definition) is 2. The third kappa shape index (κ3) is 9.55. The molecule has 28 heavy (non-hydrogen) atoms. The van der Waals surface area contributed by atoms with Gasteiger partial charge in [-0.15, -0.1) is 24.0 Å². The molecule has 154 valence electrons. The van der Waals surface area contributed by atoms with E-state index in [9.17, 15) is 0 Å². The number of nitrogens with zero attached hydrogens (tertiary/aromatic N) is 1. The van der Waals surface area contributed by atoms with Crippen LogP contribution in [0, 0.1) is 0 Å². The van der Waals surface area contributed by atoms with Crippen molar-refractivity contribution in [3.63, 3.8) is 0 Å². The van der Waals surface area contributed by atoms with Crippen LogP contribution in [0.5, 0.6) is 0 Å². The number of nitrogens with one attached hydrogen (secondary N) is 2. The van der Waals surface area contributed by atoms with Gasteiger partial charge in [0, 0.05) is 39.8 Å². The van der Waals surface area contributed by atoms with Gasteiger partial charge in [-0.2, -0.15) is 0 Å². The number of hydrogen-bond donors (Lipinski definition) is 2. The first-order valence-electron chi connectivity index (χ1n) is 9.85. The second kappa shape index (κ2) is 15.3. The van der Waals surface area contributed by atoms with Crippen LogP contribution in [-0.4, -0.2) is 39.8 Å². The highest BCUT2D eigenvalue weighted by molar-refractivity contribution is 14.0. The Morgan fingerprint density at radius 2 is 1.61 bits per heavy atom. The first-order chi connectivity index (χ1) is 13.3. The van der Waals surface area contributed by atoms with E-state index in [1.807, 2.05) is 7.05 Å². The monoisotopic (exact) mass is 495 g/mol. The van der Waals surface area contributed by atoms with Crippen LogP contribution in [0.2, 0.25) is 0 Å². The lowest BCUT2D eigenvalue weighted by Crippen LogP contribution is -2.40. The van der Waals surface area contributed by atoms with Gasteiger partial charge in [-0.05, 0) is 36.8 Å². The van der Waals surface area contributed by atoms with Crippen molar-refractivity contribution in [3.8, 4) is 0 Å². The summed E-state index contributed by atoms with van der Waals surface area (Å²) in [5, 5.41) is 6.92. The maximum absolute atomic E-state index is 5.09. The number of benzene rings is 2. The molecule has 2 aromatic rings. The van der Waals surface area contributed by atoms with E-state index in [-0.39, 0.29) is 24.0 Å². The maximum atomic E-state index is 5.09. The van der Waals surface area contributed by atoms with Gasteiger partial charge in [-0.1, -0.05) is 60.7 Å². The molecule has 1 unspecified atom stereocenters. The highest BCUT2D eigenvalue weighted by atomic mass is 127. The quantitative estimate of drug-likeness (QED) is 0.207. The van der Waals surface area contributed by atoms with Crippen molar-refractivity contribution < 1.29 is 4.74 Å². The summed E-state index contributed by atoms with van der Waals surface area (Å²) in [6, 6.07) is 21.4. The molecule has 0 spiro atoms. The fourth-order valence-corrected chi connectivity index (χ4v) is 3.13. The number of unbranched alkanes of at least 4 members (excludes halogenated alkanes) is 2. The lowest BCUT2D eigenvalue weighted by Gasteiger charge is -2.20. The van der Waals surface area contributed by atoms with Crippen LogP contribution in [0.1, 0.15) is 36.3 Å². The van der Waals surface area contributed by atoms with Crippen LogP contribution in [0.15, 0.2) is 65.7 Å². The summed E-state index contributed by atoms with van der Waals surface area (Å²) in [6.45, 7) is 2.62. The molecule has 0 saturated carbocycles. The molecule has 2 N–H and O–H groups in total. The third-order valence-electron chi connectivity index (χ3n) is 4.65. The van der Waals surface area contributed by atoms with Crippen LogP contribution in [0.3, 0.4) is 0 Å². The lowest BCUT2D eigenvalue weighted by molar-refractivity contribution is 0.192. The van der Waals surface area contributed by atoms with Crippen LogP contribution in [0.25, 0.3) is 0 Å². The average molecular weight is 495 g/mol. The second-order valence-electron chi connectivity index (χ2n) is 6.73. The molecule has 2 rings (SSSR count). The van der Waals surface area contributed by atoms with Gasteiger partial charge in [0.2, 0.25) is 0 Å². The minimum atomic E-state index is 0. The molecule has 1 atom stereocenters. The molecule has 0 saturated heterocycles. The molecule has 0 fully saturated rings. The van der Waals surface area contributed by atoms with Gasteiger partial charge in [0.15, 0.2) is 5.96 Å². The number of guanidine groups is 1. The van der Waals surface area contributed by atoms with Gasteiger partial charge in [0.1, 0.15) is 0 Å². The topological polar surface area (TPSA) is 45.7 Å². The largest absolute Gasteiger partial charge is 0.385 e. The Kier molecular flexibility index (Phi) is 13.4. The number of methoxy groups -OCH3 is 1. The van der Waals surface area contributed by atoms with Crippen LogP contribution < -0.4 is 10.6 Å². The highest BCUT2D eigenvalue weighted by Gasteiger charge is 2.13. The molecule has 4 nitrogen and oxygen atoms in total. The van der Waals surface area contributed by atoms with E-state index in [0.29, 0.717) is 5.92 Å². The van der Waals surface area contributed by atoms with Crippen molar-refractivity contribution in [1.29, 1.82) is 0 Å². The Balaban J connectivity index is 0.00000392. The third-order valence-corrected chi connectivity index (χ3v) is 4.65. The number of rotatable bonds is 11. The lowest BCUT2D eigenvalue weighted by atomic mass is 9.92. The smallest absolute Gasteiger partial charge is 0.190 e. The first-order valence-corrected chi connectivity index (χ1v) is 9.85. The van der Waals surface area contributed by atoms with Gasteiger partial charge >= 0.3 is 0 Å². The molecular formula is C23H34IN3O. The molecule has 0 heterocycles. The minimum absolute atomic E-state index is 0. The Bertz CT molecular complexity index is 649. The highest BCUT2D eigenvalue weighted by Crippen LogP contribution is 2.20. The minimum Gasteiger partial charge on any atom is -0.385 e. The van der Waals surface area contributed by atoms with Crippen molar-refractivity contribution in [2.24, 2.45) is 4.99 Å². The average Bonchev–Trinajstić information content (AvgIpc) is 2.73. The molecule has 0 aliphatic carbocycles. The van der Waals surface area contributed by atoms with E-state index >= 15 is 0 Å². The van der Waals surface area contributed by atoms with Crippen LogP contribution in [0.4, 0.5) is 0 Å². The molecular weight excluding hydrogens is 461 g/mol. The Morgan fingerprint density at radius 3 is 2.25 bits per heavy atom. The fourth-order valence-electron chi connectivity index (χ4n) is 3.13. The standard InChI is InChI=1S/C23H33N3O.HI/c1-24-23(25-16-10-5-11-17-27-2)26-19-22(21-14-8-4-9-15-21)18-20-12-6-3-7-13-20;/h3-4,6-9,12-15,22H,5,10-11,16-19H2,1-2H3,(H2,24,25,26);1H. The molecule has 0 aromatic heterocycles. The van der Waals surface area contributed by atoms with E-state index in [4.69, 9.17) is 4.74 Å². The Morgan fingerprint density at radius 1 is 0.929 bits per heavy atom. The van der Waals surface area contributed by atoms with E-state index in [1.165, 1.54) is 17.5 Å². The SMILES string of the molecule is CN=C(NCCCCCOC)NCC(Cc1ccccc1)c1ccccc1.I. The normalized spacial score (nSPS) is 12.1. The summed E-state index contributed by atoms with van der Waals surface area (Å²) < 4.78 is 5.09. The zero-order valence-electron chi connectivity index (χ0n) is 17.1. The summed E-state index contributed by atoms with van der Waals surface area (Å²) >= 11 is 0. The molecule has 2 aromatic carbocycles. The summed E-state index contributed by atoms with van der Waals surface area (Å²) in [5.41, 5.74) is 2.71. The first kappa shape index (κ1) is 24.4. The fraction of sp³-hybridized carbons (Fsp3) is 0.435. The molecule has 0 amide bonds. The molecule has 0 bridgehead atoms.